The lowest BCUT2D eigenvalue weighted by atomic mass is 9.84. The van der Waals surface area contributed by atoms with E-state index in [1.165, 1.54) is 4.88 Å². The predicted molar refractivity (Wildman–Crippen MR) is 86.8 cm³/mol. The summed E-state index contributed by atoms with van der Waals surface area (Å²) in [7, 11) is 0. The molecule has 1 rings (SSSR count). The van der Waals surface area contributed by atoms with Crippen molar-refractivity contribution in [3.63, 3.8) is 0 Å². The molecule has 1 aromatic heterocycles. The second-order valence-electron chi connectivity index (χ2n) is 6.13. The second kappa shape index (κ2) is 8.42. The number of hydrogen-bond donors (Lipinski definition) is 2. The Morgan fingerprint density at radius 2 is 2.20 bits per heavy atom. The van der Waals surface area contributed by atoms with Gasteiger partial charge in [-0.1, -0.05) is 33.3 Å². The smallest absolute Gasteiger partial charge is 0.220 e. The summed E-state index contributed by atoms with van der Waals surface area (Å²) in [6.07, 6.45) is 4.50. The van der Waals surface area contributed by atoms with Crippen LogP contribution in [0.4, 0.5) is 0 Å². The number of hydrogen-bond acceptors (Lipinski definition) is 3. The molecule has 20 heavy (non-hydrogen) atoms. The van der Waals surface area contributed by atoms with E-state index in [-0.39, 0.29) is 17.4 Å². The van der Waals surface area contributed by atoms with E-state index in [2.05, 4.69) is 37.5 Å². The van der Waals surface area contributed by atoms with Gasteiger partial charge in [-0.2, -0.15) is 0 Å². The Bertz CT molecular complexity index is 387. The molecule has 1 heterocycles. The van der Waals surface area contributed by atoms with Crippen LogP contribution in [-0.4, -0.2) is 12.5 Å². The first kappa shape index (κ1) is 17.2. The van der Waals surface area contributed by atoms with Gasteiger partial charge in [0.05, 0.1) is 6.04 Å². The van der Waals surface area contributed by atoms with E-state index in [1.807, 2.05) is 6.07 Å². The highest BCUT2D eigenvalue weighted by Crippen LogP contribution is 2.27. The molecule has 3 nitrogen and oxygen atoms in total. The van der Waals surface area contributed by atoms with Gasteiger partial charge in [-0.15, -0.1) is 11.3 Å². The van der Waals surface area contributed by atoms with Gasteiger partial charge in [-0.05, 0) is 42.7 Å². The van der Waals surface area contributed by atoms with E-state index in [1.54, 1.807) is 11.3 Å². The Morgan fingerprint density at radius 3 is 2.75 bits per heavy atom. The minimum absolute atomic E-state index is 0.148. The van der Waals surface area contributed by atoms with Crippen LogP contribution in [0.3, 0.4) is 0 Å². The molecule has 1 unspecified atom stereocenters. The van der Waals surface area contributed by atoms with E-state index in [4.69, 9.17) is 5.73 Å². The van der Waals surface area contributed by atoms with Crippen LogP contribution in [0.5, 0.6) is 0 Å². The molecule has 0 aromatic carbocycles. The Balaban J connectivity index is 2.47. The van der Waals surface area contributed by atoms with Gasteiger partial charge in [0.25, 0.3) is 0 Å². The van der Waals surface area contributed by atoms with E-state index in [9.17, 15) is 4.79 Å². The zero-order valence-corrected chi connectivity index (χ0v) is 13.8. The van der Waals surface area contributed by atoms with Crippen molar-refractivity contribution in [2.45, 2.75) is 58.9 Å². The fourth-order valence-corrected chi connectivity index (χ4v) is 3.11. The third-order valence-corrected chi connectivity index (χ3v) is 4.64. The van der Waals surface area contributed by atoms with Crippen molar-refractivity contribution in [2.75, 3.05) is 6.54 Å². The zero-order chi connectivity index (χ0) is 15.0. The van der Waals surface area contributed by atoms with Gasteiger partial charge >= 0.3 is 0 Å². The Hall–Kier alpha value is -0.870. The van der Waals surface area contributed by atoms with E-state index >= 15 is 0 Å². The van der Waals surface area contributed by atoms with Crippen LogP contribution >= 0.6 is 11.3 Å². The fraction of sp³-hybridized carbons (Fsp3) is 0.688. The van der Waals surface area contributed by atoms with Gasteiger partial charge in [-0.25, -0.2) is 0 Å². The molecule has 4 heteroatoms. The first-order chi connectivity index (χ1) is 9.48. The highest BCUT2D eigenvalue weighted by Gasteiger charge is 2.20. The topological polar surface area (TPSA) is 55.1 Å². The van der Waals surface area contributed by atoms with E-state index < -0.39 is 0 Å². The van der Waals surface area contributed by atoms with Gasteiger partial charge < -0.3 is 11.1 Å². The number of carbonyl (C=O) groups excluding carboxylic acids is 1. The van der Waals surface area contributed by atoms with Crippen LogP contribution in [0.25, 0.3) is 0 Å². The van der Waals surface area contributed by atoms with Crippen molar-refractivity contribution < 1.29 is 4.79 Å². The van der Waals surface area contributed by atoms with Crippen LogP contribution in [0.2, 0.25) is 0 Å². The molecular weight excluding hydrogens is 268 g/mol. The first-order valence-electron chi connectivity index (χ1n) is 7.51. The third kappa shape index (κ3) is 6.06. The minimum Gasteiger partial charge on any atom is -0.348 e. The predicted octanol–water partition coefficient (Wildman–Crippen LogP) is 3.86. The SMILES string of the molecule is CCCC(NC(=O)CCC(C)(C)CCN)c1cccs1. The van der Waals surface area contributed by atoms with Gasteiger partial charge in [0.1, 0.15) is 0 Å². The molecule has 114 valence electrons. The average molecular weight is 296 g/mol. The zero-order valence-electron chi connectivity index (χ0n) is 12.9. The quantitative estimate of drug-likeness (QED) is 0.727. The monoisotopic (exact) mass is 296 g/mol. The van der Waals surface area contributed by atoms with Gasteiger partial charge in [0, 0.05) is 11.3 Å². The van der Waals surface area contributed by atoms with E-state index in [0.29, 0.717) is 13.0 Å². The standard InChI is InChI=1S/C16H28N2OS/c1-4-6-13(14-7-5-12-20-14)18-15(19)8-9-16(2,3)10-11-17/h5,7,12-13H,4,6,8-11,17H2,1-3H3,(H,18,19). The van der Waals surface area contributed by atoms with Crippen LogP contribution in [0.15, 0.2) is 17.5 Å². The number of amides is 1. The fourth-order valence-electron chi connectivity index (χ4n) is 2.30. The summed E-state index contributed by atoms with van der Waals surface area (Å²) < 4.78 is 0. The van der Waals surface area contributed by atoms with Crippen LogP contribution in [0.1, 0.15) is 63.8 Å². The number of thiophene rings is 1. The number of rotatable bonds is 9. The van der Waals surface area contributed by atoms with E-state index in [0.717, 1.165) is 25.7 Å². The summed E-state index contributed by atoms with van der Waals surface area (Å²) in [5.41, 5.74) is 5.75. The molecule has 0 aliphatic heterocycles. The number of carbonyl (C=O) groups is 1. The first-order valence-corrected chi connectivity index (χ1v) is 8.39. The van der Waals surface area contributed by atoms with Gasteiger partial charge in [0.15, 0.2) is 0 Å². The summed E-state index contributed by atoms with van der Waals surface area (Å²) in [4.78, 5) is 13.4. The highest BCUT2D eigenvalue weighted by molar-refractivity contribution is 7.10. The lowest BCUT2D eigenvalue weighted by Crippen LogP contribution is -2.29. The van der Waals surface area contributed by atoms with Crippen molar-refractivity contribution in [1.29, 1.82) is 0 Å². The maximum absolute atomic E-state index is 12.1. The molecular formula is C16H28N2OS. The maximum atomic E-state index is 12.1. The molecule has 0 aliphatic carbocycles. The molecule has 0 aliphatic rings. The average Bonchev–Trinajstić information content (AvgIpc) is 2.90. The summed E-state index contributed by atoms with van der Waals surface area (Å²) >= 11 is 1.71. The molecule has 3 N–H and O–H groups in total. The van der Waals surface area contributed by atoms with Gasteiger partial charge in [0.2, 0.25) is 5.91 Å². The summed E-state index contributed by atoms with van der Waals surface area (Å²) in [5, 5.41) is 5.24. The maximum Gasteiger partial charge on any atom is 0.220 e. The molecule has 0 fully saturated rings. The van der Waals surface area contributed by atoms with Crippen LogP contribution in [-0.2, 0) is 4.79 Å². The molecule has 0 spiro atoms. The molecule has 1 aromatic rings. The van der Waals surface area contributed by atoms with Crippen molar-refractivity contribution in [3.8, 4) is 0 Å². The van der Waals surface area contributed by atoms with Crippen LogP contribution < -0.4 is 11.1 Å². The largest absolute Gasteiger partial charge is 0.348 e. The molecule has 0 radical (unpaired) electrons. The molecule has 1 amide bonds. The van der Waals surface area contributed by atoms with Crippen molar-refractivity contribution in [2.24, 2.45) is 11.1 Å². The molecule has 0 bridgehead atoms. The van der Waals surface area contributed by atoms with Crippen molar-refractivity contribution >= 4 is 17.2 Å². The Morgan fingerprint density at radius 1 is 1.45 bits per heavy atom. The summed E-state index contributed by atoms with van der Waals surface area (Å²) in [6.45, 7) is 7.19. The molecule has 1 atom stereocenters. The number of nitrogens with two attached hydrogens (primary N) is 1. The lowest BCUT2D eigenvalue weighted by Gasteiger charge is -2.24. The summed E-state index contributed by atoms with van der Waals surface area (Å²) in [5.74, 6) is 0.155. The third-order valence-electron chi connectivity index (χ3n) is 3.65. The lowest BCUT2D eigenvalue weighted by molar-refractivity contribution is -0.122. The van der Waals surface area contributed by atoms with Crippen molar-refractivity contribution in [1.82, 2.24) is 5.32 Å². The van der Waals surface area contributed by atoms with Gasteiger partial charge in [-0.3, -0.25) is 4.79 Å². The summed E-state index contributed by atoms with van der Waals surface area (Å²) in [6, 6.07) is 4.31. The minimum atomic E-state index is 0.148. The molecule has 0 saturated carbocycles. The highest BCUT2D eigenvalue weighted by atomic mass is 32.1. The normalized spacial score (nSPS) is 13.2. The Kier molecular flexibility index (Phi) is 7.24. The number of nitrogens with one attached hydrogen (secondary N) is 1. The molecule has 0 saturated heterocycles. The second-order valence-corrected chi connectivity index (χ2v) is 7.11. The van der Waals surface area contributed by atoms with Crippen molar-refractivity contribution in [3.05, 3.63) is 22.4 Å². The van der Waals surface area contributed by atoms with Crippen LogP contribution in [0, 0.1) is 5.41 Å². The Labute approximate surface area is 127 Å².